The predicted molar refractivity (Wildman–Crippen MR) is 78.3 cm³/mol. The molecule has 1 N–H and O–H groups in total. The van der Waals surface area contributed by atoms with Crippen LogP contribution in [0.1, 0.15) is 11.1 Å². The Labute approximate surface area is 122 Å². The lowest BCUT2D eigenvalue weighted by Crippen LogP contribution is -2.23. The van der Waals surface area contributed by atoms with Crippen LogP contribution in [0.15, 0.2) is 60.2 Å². The summed E-state index contributed by atoms with van der Waals surface area (Å²) < 4.78 is 12.8. The second kappa shape index (κ2) is 7.01. The van der Waals surface area contributed by atoms with E-state index in [2.05, 4.69) is 5.32 Å². The number of carbonyl (C=O) groups excluding carboxylic acids is 1. The number of hydrogen-bond acceptors (Lipinski definition) is 2. The van der Waals surface area contributed by atoms with E-state index in [1.165, 1.54) is 30.3 Å². The Balaban J connectivity index is 2.05. The summed E-state index contributed by atoms with van der Waals surface area (Å²) in [4.78, 5) is 11.9. The first-order valence-electron chi connectivity index (χ1n) is 6.38. The Kier molecular flexibility index (Phi) is 4.84. The molecule has 0 spiro atoms. The molecule has 0 unspecified atom stereocenters. The van der Waals surface area contributed by atoms with E-state index in [9.17, 15) is 9.18 Å². The average Bonchev–Trinajstić information content (AvgIpc) is 2.53. The fraction of sp³-hybridized carbons (Fsp3) is 0.0588. The van der Waals surface area contributed by atoms with Crippen molar-refractivity contribution < 1.29 is 9.18 Å². The molecule has 0 radical (unpaired) electrons. The Morgan fingerprint density at radius 3 is 2.43 bits per heavy atom. The van der Waals surface area contributed by atoms with Crippen LogP contribution in [0.4, 0.5) is 4.39 Å². The Morgan fingerprint density at radius 2 is 1.81 bits per heavy atom. The number of carbonyl (C=O) groups is 1. The molecule has 0 atom stereocenters. The van der Waals surface area contributed by atoms with Crippen LogP contribution < -0.4 is 5.32 Å². The molecule has 0 aromatic heterocycles. The van der Waals surface area contributed by atoms with Crippen molar-refractivity contribution in [3.05, 3.63) is 77.1 Å². The molecule has 2 aromatic rings. The summed E-state index contributed by atoms with van der Waals surface area (Å²) in [6.45, 7) is 0.349. The Hall–Kier alpha value is -2.93. The van der Waals surface area contributed by atoms with Gasteiger partial charge in [-0.15, -0.1) is 0 Å². The quantitative estimate of drug-likeness (QED) is 0.691. The summed E-state index contributed by atoms with van der Waals surface area (Å²) in [5.41, 5.74) is 1.53. The minimum atomic E-state index is -0.453. The summed E-state index contributed by atoms with van der Waals surface area (Å²) in [6, 6.07) is 16.9. The number of hydrogen-bond donors (Lipinski definition) is 1. The fourth-order valence-electron chi connectivity index (χ4n) is 1.75. The van der Waals surface area contributed by atoms with Crippen LogP contribution in [0.5, 0.6) is 0 Å². The second-order valence-electron chi connectivity index (χ2n) is 4.39. The van der Waals surface area contributed by atoms with Crippen molar-refractivity contribution in [3.63, 3.8) is 0 Å². The first-order chi connectivity index (χ1) is 10.2. The molecule has 2 aromatic carbocycles. The van der Waals surface area contributed by atoms with Gasteiger partial charge in [-0.25, -0.2) is 4.39 Å². The fourth-order valence-corrected chi connectivity index (χ4v) is 1.75. The van der Waals surface area contributed by atoms with Crippen molar-refractivity contribution in [1.82, 2.24) is 5.32 Å². The maximum absolute atomic E-state index is 12.8. The van der Waals surface area contributed by atoms with Crippen LogP contribution >= 0.6 is 0 Å². The van der Waals surface area contributed by atoms with E-state index >= 15 is 0 Å². The van der Waals surface area contributed by atoms with Crippen molar-refractivity contribution in [3.8, 4) is 6.07 Å². The van der Waals surface area contributed by atoms with Crippen molar-refractivity contribution in [1.29, 1.82) is 5.26 Å². The van der Waals surface area contributed by atoms with Gasteiger partial charge in [0.15, 0.2) is 0 Å². The summed E-state index contributed by atoms with van der Waals surface area (Å²) in [5.74, 6) is -0.815. The zero-order chi connectivity index (χ0) is 15.1. The van der Waals surface area contributed by atoms with Crippen molar-refractivity contribution in [2.24, 2.45) is 0 Å². The van der Waals surface area contributed by atoms with Crippen LogP contribution in [0.25, 0.3) is 6.08 Å². The zero-order valence-electron chi connectivity index (χ0n) is 11.2. The van der Waals surface area contributed by atoms with Gasteiger partial charge in [-0.3, -0.25) is 4.79 Å². The molecule has 0 saturated carbocycles. The molecular weight excluding hydrogens is 267 g/mol. The second-order valence-corrected chi connectivity index (χ2v) is 4.39. The largest absolute Gasteiger partial charge is 0.347 e. The first-order valence-corrected chi connectivity index (χ1v) is 6.38. The maximum atomic E-state index is 12.8. The molecule has 0 saturated heterocycles. The third-order valence-electron chi connectivity index (χ3n) is 2.84. The van der Waals surface area contributed by atoms with Crippen LogP contribution in [-0.2, 0) is 11.3 Å². The summed E-state index contributed by atoms with van der Waals surface area (Å²) in [7, 11) is 0. The van der Waals surface area contributed by atoms with Gasteiger partial charge in [0, 0.05) is 6.54 Å². The van der Waals surface area contributed by atoms with E-state index < -0.39 is 5.91 Å². The highest BCUT2D eigenvalue weighted by atomic mass is 19.1. The van der Waals surface area contributed by atoms with Gasteiger partial charge in [0.25, 0.3) is 5.91 Å². The first kappa shape index (κ1) is 14.5. The molecule has 0 bridgehead atoms. The molecule has 104 valence electrons. The third-order valence-corrected chi connectivity index (χ3v) is 2.84. The topological polar surface area (TPSA) is 52.9 Å². The van der Waals surface area contributed by atoms with Crippen molar-refractivity contribution in [2.45, 2.75) is 6.54 Å². The highest BCUT2D eigenvalue weighted by Crippen LogP contribution is 2.08. The molecule has 0 fully saturated rings. The Morgan fingerprint density at radius 1 is 1.14 bits per heavy atom. The highest BCUT2D eigenvalue weighted by Gasteiger charge is 2.08. The number of rotatable bonds is 4. The van der Waals surface area contributed by atoms with Crippen molar-refractivity contribution >= 4 is 12.0 Å². The third kappa shape index (κ3) is 4.29. The standard InChI is InChI=1S/C17H13FN2O/c18-16-8-6-13(7-9-16)10-15(11-19)17(21)20-12-14-4-2-1-3-5-14/h1-10H,12H2,(H,20,21)/b15-10+. The van der Waals surface area contributed by atoms with E-state index in [0.29, 0.717) is 12.1 Å². The van der Waals surface area contributed by atoms with Gasteiger partial charge in [-0.05, 0) is 29.3 Å². The zero-order valence-corrected chi connectivity index (χ0v) is 11.2. The molecule has 2 rings (SSSR count). The van der Waals surface area contributed by atoms with Gasteiger partial charge in [0.2, 0.25) is 0 Å². The molecular formula is C17H13FN2O. The number of benzene rings is 2. The van der Waals surface area contributed by atoms with Gasteiger partial charge in [-0.2, -0.15) is 5.26 Å². The normalized spacial score (nSPS) is 10.8. The van der Waals surface area contributed by atoms with Gasteiger partial charge >= 0.3 is 0 Å². The van der Waals surface area contributed by atoms with Gasteiger partial charge in [-0.1, -0.05) is 42.5 Å². The molecule has 0 aliphatic carbocycles. The number of amides is 1. The van der Waals surface area contributed by atoms with E-state index in [1.807, 2.05) is 36.4 Å². The predicted octanol–water partition coefficient (Wildman–Crippen LogP) is 3.05. The van der Waals surface area contributed by atoms with Crippen LogP contribution in [0.2, 0.25) is 0 Å². The lowest BCUT2D eigenvalue weighted by Gasteiger charge is -2.04. The van der Waals surface area contributed by atoms with Crippen LogP contribution in [-0.4, -0.2) is 5.91 Å². The Bertz CT molecular complexity index is 685. The number of nitrogens with zero attached hydrogens (tertiary/aromatic N) is 1. The van der Waals surface area contributed by atoms with Crippen LogP contribution in [0, 0.1) is 17.1 Å². The molecule has 21 heavy (non-hydrogen) atoms. The monoisotopic (exact) mass is 280 g/mol. The van der Waals surface area contributed by atoms with E-state index in [-0.39, 0.29) is 11.4 Å². The smallest absolute Gasteiger partial charge is 0.262 e. The van der Waals surface area contributed by atoms with E-state index in [4.69, 9.17) is 5.26 Å². The number of nitrogens with one attached hydrogen (secondary N) is 1. The molecule has 4 heteroatoms. The minimum Gasteiger partial charge on any atom is -0.347 e. The molecule has 1 amide bonds. The van der Waals surface area contributed by atoms with Gasteiger partial charge in [0.1, 0.15) is 17.5 Å². The van der Waals surface area contributed by atoms with E-state index in [1.54, 1.807) is 0 Å². The van der Waals surface area contributed by atoms with Gasteiger partial charge < -0.3 is 5.32 Å². The lowest BCUT2D eigenvalue weighted by molar-refractivity contribution is -0.117. The molecule has 0 aliphatic heterocycles. The highest BCUT2D eigenvalue weighted by molar-refractivity contribution is 6.01. The minimum absolute atomic E-state index is 0.0162. The molecule has 3 nitrogen and oxygen atoms in total. The van der Waals surface area contributed by atoms with Crippen LogP contribution in [0.3, 0.4) is 0 Å². The summed E-state index contributed by atoms with van der Waals surface area (Å²) in [5, 5.41) is 11.7. The summed E-state index contributed by atoms with van der Waals surface area (Å²) >= 11 is 0. The average molecular weight is 280 g/mol. The number of nitriles is 1. The number of halogens is 1. The summed E-state index contributed by atoms with van der Waals surface area (Å²) in [6.07, 6.45) is 1.43. The molecule has 0 heterocycles. The maximum Gasteiger partial charge on any atom is 0.262 e. The van der Waals surface area contributed by atoms with E-state index in [0.717, 1.165) is 5.56 Å². The molecule has 0 aliphatic rings. The SMILES string of the molecule is N#C/C(=C\c1ccc(F)cc1)C(=O)NCc1ccccc1. The van der Waals surface area contributed by atoms with Crippen molar-refractivity contribution in [2.75, 3.05) is 0 Å². The van der Waals surface area contributed by atoms with Gasteiger partial charge in [0.05, 0.1) is 0 Å². The lowest BCUT2D eigenvalue weighted by atomic mass is 10.1.